The Hall–Kier alpha value is -0.0000000000000000555. The number of alkyl halides is 4. The Labute approximate surface area is 80.6 Å². The molecular weight excluding hydrogens is 207 g/mol. The van der Waals surface area contributed by atoms with Gasteiger partial charge in [0.2, 0.25) is 0 Å². The van der Waals surface area contributed by atoms with Gasteiger partial charge < -0.3 is 4.74 Å². The van der Waals surface area contributed by atoms with Gasteiger partial charge in [-0.3, -0.25) is 4.90 Å². The molecule has 0 amide bonds. The molecule has 2 nitrogen and oxygen atoms in total. The van der Waals surface area contributed by atoms with Crippen molar-refractivity contribution < 1.29 is 17.9 Å². The molecule has 0 N–H and O–H groups in total. The van der Waals surface area contributed by atoms with Crippen LogP contribution in [-0.4, -0.2) is 50.3 Å². The number of halogens is 4. The van der Waals surface area contributed by atoms with E-state index in [0.717, 1.165) is 4.90 Å². The van der Waals surface area contributed by atoms with Crippen LogP contribution in [0.15, 0.2) is 0 Å². The Kier molecular flexibility index (Phi) is 6.45. The summed E-state index contributed by atoms with van der Waals surface area (Å²) < 4.78 is 40.3. The third-order valence-corrected chi connectivity index (χ3v) is 1.44. The topological polar surface area (TPSA) is 12.5 Å². The molecule has 80 valence electrons. The number of likely N-dealkylation sites (N-methyl/N-ethyl adjacent to an activating group) is 1. The van der Waals surface area contributed by atoms with Crippen LogP contribution in [0, 0.1) is 0 Å². The molecule has 0 atom stereocenters. The highest BCUT2D eigenvalue weighted by atomic mass is 35.5. The van der Waals surface area contributed by atoms with Gasteiger partial charge in [-0.05, 0) is 7.05 Å². The van der Waals surface area contributed by atoms with Crippen molar-refractivity contribution in [3.63, 3.8) is 0 Å². The van der Waals surface area contributed by atoms with E-state index in [2.05, 4.69) is 0 Å². The average molecular weight is 220 g/mol. The zero-order valence-corrected chi connectivity index (χ0v) is 8.16. The molecule has 0 aliphatic carbocycles. The van der Waals surface area contributed by atoms with Crippen LogP contribution in [0.25, 0.3) is 0 Å². The lowest BCUT2D eigenvalue weighted by Gasteiger charge is -2.17. The molecule has 0 bridgehead atoms. The van der Waals surface area contributed by atoms with Crippen LogP contribution in [0.5, 0.6) is 0 Å². The zero-order valence-electron chi connectivity index (χ0n) is 7.40. The van der Waals surface area contributed by atoms with Gasteiger partial charge in [0.05, 0.1) is 19.8 Å². The highest BCUT2D eigenvalue weighted by molar-refractivity contribution is 6.17. The van der Waals surface area contributed by atoms with Crippen LogP contribution < -0.4 is 0 Å². The third-order valence-electron chi connectivity index (χ3n) is 1.29. The maximum atomic E-state index is 11.8. The van der Waals surface area contributed by atoms with E-state index in [-0.39, 0.29) is 13.2 Å². The summed E-state index contributed by atoms with van der Waals surface area (Å²) >= 11 is 5.30. The van der Waals surface area contributed by atoms with Crippen molar-refractivity contribution in [2.45, 2.75) is 6.18 Å². The fraction of sp³-hybridized carbons (Fsp3) is 1.00. The normalized spacial score (nSPS) is 12.5. The second-order valence-corrected chi connectivity index (χ2v) is 3.03. The van der Waals surface area contributed by atoms with Crippen LogP contribution in [0.2, 0.25) is 0 Å². The van der Waals surface area contributed by atoms with Crippen molar-refractivity contribution in [1.82, 2.24) is 4.90 Å². The predicted molar refractivity (Wildman–Crippen MR) is 45.1 cm³/mol. The van der Waals surface area contributed by atoms with Crippen LogP contribution in [-0.2, 0) is 4.74 Å². The van der Waals surface area contributed by atoms with Crippen molar-refractivity contribution in [2.75, 3.05) is 39.2 Å². The molecule has 0 saturated heterocycles. The minimum absolute atomic E-state index is 0.260. The number of nitrogens with zero attached hydrogens (tertiary/aromatic N) is 1. The lowest BCUT2D eigenvalue weighted by atomic mass is 10.5. The second kappa shape index (κ2) is 6.45. The summed E-state index contributed by atoms with van der Waals surface area (Å²) in [4.78, 5) is 1.16. The Morgan fingerprint density at radius 3 is 2.38 bits per heavy atom. The summed E-state index contributed by atoms with van der Waals surface area (Å²) in [6.07, 6.45) is -4.14. The fourth-order valence-electron chi connectivity index (χ4n) is 0.762. The molecule has 0 aliphatic heterocycles. The van der Waals surface area contributed by atoms with Gasteiger partial charge in [0.25, 0.3) is 0 Å². The maximum Gasteiger partial charge on any atom is 0.401 e. The van der Waals surface area contributed by atoms with E-state index in [4.69, 9.17) is 16.3 Å². The molecule has 0 aliphatic rings. The first-order chi connectivity index (χ1) is 5.95. The van der Waals surface area contributed by atoms with Gasteiger partial charge in [0.1, 0.15) is 0 Å². The molecule has 0 radical (unpaired) electrons. The van der Waals surface area contributed by atoms with Gasteiger partial charge in [0, 0.05) is 12.4 Å². The first kappa shape index (κ1) is 13.0. The van der Waals surface area contributed by atoms with Gasteiger partial charge >= 0.3 is 6.18 Å². The molecule has 0 rings (SSSR count). The third kappa shape index (κ3) is 9.92. The number of rotatable bonds is 6. The highest BCUT2D eigenvalue weighted by Crippen LogP contribution is 2.14. The van der Waals surface area contributed by atoms with E-state index in [1.54, 1.807) is 0 Å². The predicted octanol–water partition coefficient (Wildman–Crippen LogP) is 1.74. The minimum Gasteiger partial charge on any atom is -0.379 e. The molecule has 0 spiro atoms. The van der Waals surface area contributed by atoms with Gasteiger partial charge in [-0.15, -0.1) is 11.6 Å². The first-order valence-corrected chi connectivity index (χ1v) is 4.38. The van der Waals surface area contributed by atoms with Gasteiger partial charge in [-0.25, -0.2) is 0 Å². The number of hydrogen-bond acceptors (Lipinski definition) is 2. The lowest BCUT2D eigenvalue weighted by Crippen LogP contribution is -2.33. The smallest absolute Gasteiger partial charge is 0.379 e. The van der Waals surface area contributed by atoms with E-state index in [1.165, 1.54) is 7.05 Å². The Morgan fingerprint density at radius 1 is 1.31 bits per heavy atom. The van der Waals surface area contributed by atoms with E-state index >= 15 is 0 Å². The molecule has 0 heterocycles. The van der Waals surface area contributed by atoms with Gasteiger partial charge in [-0.2, -0.15) is 13.2 Å². The Morgan fingerprint density at radius 2 is 1.92 bits per heavy atom. The quantitative estimate of drug-likeness (QED) is 0.498. The summed E-state index contributed by atoms with van der Waals surface area (Å²) in [6, 6.07) is 0. The van der Waals surface area contributed by atoms with Gasteiger partial charge in [0.15, 0.2) is 0 Å². The van der Waals surface area contributed by atoms with Crippen LogP contribution in [0.3, 0.4) is 0 Å². The molecule has 0 aromatic heterocycles. The number of hydrogen-bond donors (Lipinski definition) is 0. The van der Waals surface area contributed by atoms with E-state index in [9.17, 15) is 13.2 Å². The molecule has 0 saturated carbocycles. The van der Waals surface area contributed by atoms with E-state index in [0.29, 0.717) is 12.5 Å². The number of ether oxygens (including phenoxy) is 1. The highest BCUT2D eigenvalue weighted by Gasteiger charge is 2.28. The molecule has 0 aromatic carbocycles. The van der Waals surface area contributed by atoms with Crippen LogP contribution in [0.1, 0.15) is 0 Å². The van der Waals surface area contributed by atoms with Crippen LogP contribution >= 0.6 is 11.6 Å². The summed E-state index contributed by atoms with van der Waals surface area (Å²) in [5.74, 6) is 0.364. The lowest BCUT2D eigenvalue weighted by molar-refractivity contribution is -0.144. The molecular formula is C7H13ClF3NO. The molecule has 0 fully saturated rings. The SMILES string of the molecule is CN(CCOCCCl)CC(F)(F)F. The maximum absolute atomic E-state index is 11.8. The summed E-state index contributed by atoms with van der Waals surface area (Å²) in [5.41, 5.74) is 0. The standard InChI is InChI=1S/C7H13ClF3NO/c1-12(6-7(9,10)11)3-5-13-4-2-8/h2-6H2,1H3. The van der Waals surface area contributed by atoms with Crippen molar-refractivity contribution in [2.24, 2.45) is 0 Å². The van der Waals surface area contributed by atoms with E-state index in [1.807, 2.05) is 0 Å². The summed E-state index contributed by atoms with van der Waals surface area (Å²) in [5, 5.41) is 0. The van der Waals surface area contributed by atoms with Crippen LogP contribution in [0.4, 0.5) is 13.2 Å². The summed E-state index contributed by atoms with van der Waals surface area (Å²) in [6.45, 7) is 0.00828. The largest absolute Gasteiger partial charge is 0.401 e. The Balaban J connectivity index is 3.35. The summed E-state index contributed by atoms with van der Waals surface area (Å²) in [7, 11) is 1.40. The Bertz CT molecular complexity index is 131. The average Bonchev–Trinajstić information content (AvgIpc) is 1.94. The van der Waals surface area contributed by atoms with Gasteiger partial charge in [-0.1, -0.05) is 0 Å². The fourth-order valence-corrected chi connectivity index (χ4v) is 0.871. The molecule has 13 heavy (non-hydrogen) atoms. The minimum atomic E-state index is -4.14. The van der Waals surface area contributed by atoms with Crippen molar-refractivity contribution in [3.05, 3.63) is 0 Å². The van der Waals surface area contributed by atoms with Crippen molar-refractivity contribution in [3.8, 4) is 0 Å². The van der Waals surface area contributed by atoms with E-state index < -0.39 is 12.7 Å². The second-order valence-electron chi connectivity index (χ2n) is 2.65. The van der Waals surface area contributed by atoms with Crippen molar-refractivity contribution in [1.29, 1.82) is 0 Å². The van der Waals surface area contributed by atoms with Crippen molar-refractivity contribution >= 4 is 11.6 Å². The first-order valence-electron chi connectivity index (χ1n) is 3.84. The molecule has 6 heteroatoms. The monoisotopic (exact) mass is 219 g/mol. The molecule has 0 aromatic rings. The zero-order chi connectivity index (χ0) is 10.3. The molecule has 0 unspecified atom stereocenters.